The van der Waals surface area contributed by atoms with Crippen LogP contribution in [0.2, 0.25) is 10.0 Å². The monoisotopic (exact) mass is 541 g/mol. The van der Waals surface area contributed by atoms with E-state index in [4.69, 9.17) is 23.2 Å². The molecule has 0 saturated heterocycles. The lowest BCUT2D eigenvalue weighted by Gasteiger charge is -2.32. The Kier molecular flexibility index (Phi) is 9.71. The summed E-state index contributed by atoms with van der Waals surface area (Å²) in [5.74, 6) is -1.31. The summed E-state index contributed by atoms with van der Waals surface area (Å²) in [4.78, 5) is 39.4. The van der Waals surface area contributed by atoms with E-state index >= 15 is 0 Å². The predicted molar refractivity (Wildman–Crippen MR) is 138 cm³/mol. The number of amides is 2. The number of rotatable bonds is 10. The highest BCUT2D eigenvalue weighted by atomic mass is 35.5. The van der Waals surface area contributed by atoms with Gasteiger partial charge in [-0.05, 0) is 52.0 Å². The topological polar surface area (TPSA) is 104 Å². The number of carbonyl (C=O) groups is 3. The molecule has 0 aromatic heterocycles. The van der Waals surface area contributed by atoms with Crippen molar-refractivity contribution in [1.82, 2.24) is 10.2 Å². The van der Waals surface area contributed by atoms with Gasteiger partial charge >= 0.3 is 0 Å². The van der Waals surface area contributed by atoms with E-state index < -0.39 is 34.4 Å². The van der Waals surface area contributed by atoms with Crippen molar-refractivity contribution >= 4 is 56.5 Å². The van der Waals surface area contributed by atoms with Gasteiger partial charge in [0.25, 0.3) is 0 Å². The Hall–Kier alpha value is -2.62. The summed E-state index contributed by atoms with van der Waals surface area (Å²) in [6.07, 6.45) is 0.963. The molecule has 0 fully saturated rings. The molecule has 1 N–H and O–H groups in total. The maximum Gasteiger partial charge on any atom is 0.244 e. The third-order valence-corrected chi connectivity index (χ3v) is 7.06. The molecule has 1 unspecified atom stereocenters. The van der Waals surface area contributed by atoms with Gasteiger partial charge in [-0.2, -0.15) is 0 Å². The molecule has 8 nitrogen and oxygen atoms in total. The van der Waals surface area contributed by atoms with Crippen LogP contribution in [0.4, 0.5) is 5.69 Å². The summed E-state index contributed by atoms with van der Waals surface area (Å²) in [6.45, 7) is 5.77. The van der Waals surface area contributed by atoms with Gasteiger partial charge in [-0.15, -0.1) is 0 Å². The molecule has 0 aliphatic heterocycles. The fourth-order valence-electron chi connectivity index (χ4n) is 3.34. The van der Waals surface area contributed by atoms with E-state index in [0.29, 0.717) is 21.2 Å². The van der Waals surface area contributed by atoms with Crippen LogP contribution in [0.1, 0.15) is 43.6 Å². The quantitative estimate of drug-likeness (QED) is 0.459. The molecule has 0 saturated carbocycles. The maximum atomic E-state index is 13.5. The number of carbonyl (C=O) groups excluding carboxylic acids is 3. The lowest BCUT2D eigenvalue weighted by atomic mass is 10.1. The van der Waals surface area contributed by atoms with Crippen molar-refractivity contribution in [1.29, 1.82) is 0 Å². The van der Waals surface area contributed by atoms with Gasteiger partial charge < -0.3 is 10.2 Å². The minimum atomic E-state index is -3.92. The third kappa shape index (κ3) is 7.68. The maximum absolute atomic E-state index is 13.5. The van der Waals surface area contributed by atoms with E-state index in [0.717, 1.165) is 10.6 Å². The van der Waals surface area contributed by atoms with Gasteiger partial charge in [-0.3, -0.25) is 18.7 Å². The molecule has 0 spiro atoms. The molecule has 2 aromatic rings. The highest BCUT2D eigenvalue weighted by Crippen LogP contribution is 2.27. The Labute approximate surface area is 216 Å². The Morgan fingerprint density at radius 3 is 2.09 bits per heavy atom. The molecule has 0 aliphatic carbocycles. The average Bonchev–Trinajstić information content (AvgIpc) is 2.75. The number of benzene rings is 2. The lowest BCUT2D eigenvalue weighted by molar-refractivity contribution is -0.139. The zero-order valence-electron chi connectivity index (χ0n) is 20.2. The first kappa shape index (κ1) is 28.6. The van der Waals surface area contributed by atoms with Crippen LogP contribution in [-0.4, -0.2) is 55.8 Å². The van der Waals surface area contributed by atoms with Crippen molar-refractivity contribution in [2.75, 3.05) is 17.1 Å². The first-order valence-electron chi connectivity index (χ1n) is 10.8. The van der Waals surface area contributed by atoms with E-state index in [1.165, 1.54) is 30.0 Å². The number of nitrogens with one attached hydrogen (secondary N) is 1. The largest absolute Gasteiger partial charge is 0.352 e. The molecule has 2 aromatic carbocycles. The molecule has 1 atom stereocenters. The highest BCUT2D eigenvalue weighted by molar-refractivity contribution is 7.92. The molecule has 0 radical (unpaired) electrons. The van der Waals surface area contributed by atoms with Crippen LogP contribution in [0.5, 0.6) is 0 Å². The number of hydrogen-bond acceptors (Lipinski definition) is 5. The molecule has 11 heteroatoms. The number of halogens is 2. The zero-order chi connectivity index (χ0) is 26.5. The van der Waals surface area contributed by atoms with E-state index in [2.05, 4.69) is 5.32 Å². The molecule has 190 valence electrons. The lowest BCUT2D eigenvalue weighted by Crippen LogP contribution is -2.52. The Morgan fingerprint density at radius 2 is 1.57 bits per heavy atom. The van der Waals surface area contributed by atoms with Crippen LogP contribution in [0.15, 0.2) is 42.5 Å². The van der Waals surface area contributed by atoms with E-state index in [-0.39, 0.29) is 24.1 Å². The summed E-state index contributed by atoms with van der Waals surface area (Å²) in [5, 5.41) is 3.37. The van der Waals surface area contributed by atoms with Gasteiger partial charge in [0.05, 0.1) is 11.9 Å². The summed E-state index contributed by atoms with van der Waals surface area (Å²) in [6, 6.07) is 9.73. The highest BCUT2D eigenvalue weighted by Gasteiger charge is 2.31. The second-order valence-electron chi connectivity index (χ2n) is 8.44. The summed E-state index contributed by atoms with van der Waals surface area (Å²) in [5.41, 5.74) is 0.884. The standard InChI is InChI=1S/C24H29Cl2N3O5S/c1-15(2)27-24(32)16(3)28(13-20-21(25)10-7-11-22(20)26)23(31)14-29(35(5,33)34)19-9-6-8-18(12-19)17(4)30/h6-12,15-16H,13-14H2,1-5H3,(H,27,32). The number of Topliss-reactive ketones (excluding diaryl/α,β-unsaturated/α-hetero) is 1. The fraction of sp³-hybridized carbons (Fsp3) is 0.375. The number of anilines is 1. The summed E-state index contributed by atoms with van der Waals surface area (Å²) >= 11 is 12.6. The van der Waals surface area contributed by atoms with E-state index in [1.807, 2.05) is 0 Å². The normalized spacial score (nSPS) is 12.2. The Balaban J connectivity index is 2.49. The van der Waals surface area contributed by atoms with Crippen molar-refractivity contribution in [3.8, 4) is 0 Å². The van der Waals surface area contributed by atoms with Crippen LogP contribution in [0, 0.1) is 0 Å². The first-order chi connectivity index (χ1) is 16.2. The predicted octanol–water partition coefficient (Wildman–Crippen LogP) is 3.90. The zero-order valence-corrected chi connectivity index (χ0v) is 22.5. The fourth-order valence-corrected chi connectivity index (χ4v) is 4.69. The number of sulfonamides is 1. The number of hydrogen-bond donors (Lipinski definition) is 1. The first-order valence-corrected chi connectivity index (χ1v) is 13.4. The van der Waals surface area contributed by atoms with E-state index in [1.54, 1.807) is 45.0 Å². The van der Waals surface area contributed by atoms with Gasteiger partial charge in [-0.1, -0.05) is 41.4 Å². The van der Waals surface area contributed by atoms with Gasteiger partial charge in [0.2, 0.25) is 21.8 Å². The van der Waals surface area contributed by atoms with Crippen molar-refractivity contribution in [3.05, 3.63) is 63.6 Å². The van der Waals surface area contributed by atoms with Crippen LogP contribution >= 0.6 is 23.2 Å². The minimum Gasteiger partial charge on any atom is -0.352 e. The summed E-state index contributed by atoms with van der Waals surface area (Å²) < 4.78 is 26.2. The Bertz CT molecular complexity index is 1200. The third-order valence-electron chi connectivity index (χ3n) is 5.21. The second kappa shape index (κ2) is 11.9. The van der Waals surface area contributed by atoms with Crippen molar-refractivity contribution in [2.45, 2.75) is 46.3 Å². The molecule has 35 heavy (non-hydrogen) atoms. The summed E-state index contributed by atoms with van der Waals surface area (Å²) in [7, 11) is -3.92. The van der Waals surface area contributed by atoms with Crippen LogP contribution in [0.25, 0.3) is 0 Å². The number of ketones is 1. The SMILES string of the molecule is CC(=O)c1cccc(N(CC(=O)N(Cc2c(Cl)cccc2Cl)C(C)C(=O)NC(C)C)S(C)(=O)=O)c1. The molecular formula is C24H29Cl2N3O5S. The molecule has 0 bridgehead atoms. The smallest absolute Gasteiger partial charge is 0.244 e. The van der Waals surface area contributed by atoms with Gasteiger partial charge in [0.1, 0.15) is 12.6 Å². The molecule has 2 rings (SSSR count). The van der Waals surface area contributed by atoms with Crippen molar-refractivity contribution in [2.24, 2.45) is 0 Å². The average molecular weight is 542 g/mol. The van der Waals surface area contributed by atoms with Crippen LogP contribution < -0.4 is 9.62 Å². The Morgan fingerprint density at radius 1 is 1.00 bits per heavy atom. The van der Waals surface area contributed by atoms with Crippen LogP contribution in [0.3, 0.4) is 0 Å². The van der Waals surface area contributed by atoms with Crippen LogP contribution in [-0.2, 0) is 26.2 Å². The molecular weight excluding hydrogens is 513 g/mol. The number of nitrogens with zero attached hydrogens (tertiary/aromatic N) is 2. The van der Waals surface area contributed by atoms with Crippen molar-refractivity contribution < 1.29 is 22.8 Å². The molecule has 0 heterocycles. The minimum absolute atomic E-state index is 0.116. The van der Waals surface area contributed by atoms with Gasteiger partial charge in [0, 0.05) is 33.8 Å². The van der Waals surface area contributed by atoms with Gasteiger partial charge in [-0.25, -0.2) is 8.42 Å². The van der Waals surface area contributed by atoms with Gasteiger partial charge in [0.15, 0.2) is 5.78 Å². The van der Waals surface area contributed by atoms with E-state index in [9.17, 15) is 22.8 Å². The molecule has 0 aliphatic rings. The van der Waals surface area contributed by atoms with Crippen molar-refractivity contribution in [3.63, 3.8) is 0 Å². The second-order valence-corrected chi connectivity index (χ2v) is 11.2. The molecule has 2 amide bonds.